The summed E-state index contributed by atoms with van der Waals surface area (Å²) in [4.78, 5) is 12.8. The van der Waals surface area contributed by atoms with Gasteiger partial charge in [-0.2, -0.15) is 0 Å². The summed E-state index contributed by atoms with van der Waals surface area (Å²) in [6, 6.07) is 9.90. The number of hydrogen-bond acceptors (Lipinski definition) is 7. The van der Waals surface area contributed by atoms with Gasteiger partial charge >= 0.3 is 0 Å². The fraction of sp³-hybridized carbons (Fsp3) is 0.278. The van der Waals surface area contributed by atoms with Crippen molar-refractivity contribution >= 4 is 17.0 Å². The van der Waals surface area contributed by atoms with Crippen LogP contribution in [0.3, 0.4) is 0 Å². The quantitative estimate of drug-likeness (QED) is 0.594. The average molecular weight is 351 g/mol. The molecular weight excluding hydrogens is 334 g/mol. The van der Waals surface area contributed by atoms with Gasteiger partial charge in [0.2, 0.25) is 0 Å². The fourth-order valence-electron chi connectivity index (χ4n) is 2.98. The van der Waals surface area contributed by atoms with Gasteiger partial charge in [-0.05, 0) is 5.56 Å². The molecule has 8 nitrogen and oxygen atoms in total. The predicted octanol–water partition coefficient (Wildman–Crippen LogP) is 0.691. The summed E-state index contributed by atoms with van der Waals surface area (Å²) in [6.45, 7) is 0.584. The Balaban J connectivity index is 1.62. The second-order valence-electron chi connectivity index (χ2n) is 5.98. The van der Waals surface area contributed by atoms with Crippen LogP contribution in [-0.2, 0) is 11.3 Å². The molecule has 0 bridgehead atoms. The van der Waals surface area contributed by atoms with Crippen LogP contribution in [0, 0.1) is 12.3 Å². The van der Waals surface area contributed by atoms with Crippen LogP contribution >= 0.6 is 0 Å². The van der Waals surface area contributed by atoms with E-state index < -0.39 is 24.5 Å². The van der Waals surface area contributed by atoms with Crippen LogP contribution in [0.1, 0.15) is 11.8 Å². The Hall–Kier alpha value is -2.99. The minimum atomic E-state index is -1.18. The minimum Gasteiger partial charge on any atom is -0.386 e. The zero-order valence-corrected chi connectivity index (χ0v) is 13.7. The Labute approximate surface area is 149 Å². The van der Waals surface area contributed by atoms with Crippen LogP contribution in [0.4, 0.5) is 5.82 Å². The number of imidazole rings is 1. The Bertz CT molecular complexity index is 952. The topological polar surface area (TPSA) is 105 Å². The number of aromatic nitrogens is 4. The van der Waals surface area contributed by atoms with E-state index in [2.05, 4.69) is 26.2 Å². The van der Waals surface area contributed by atoms with Crippen molar-refractivity contribution in [3.63, 3.8) is 0 Å². The van der Waals surface area contributed by atoms with Crippen molar-refractivity contribution in [1.29, 1.82) is 0 Å². The first-order valence-corrected chi connectivity index (χ1v) is 8.12. The maximum atomic E-state index is 10.2. The van der Waals surface area contributed by atoms with Crippen molar-refractivity contribution in [2.45, 2.75) is 31.1 Å². The molecule has 0 saturated carbocycles. The molecule has 1 aliphatic rings. The van der Waals surface area contributed by atoms with Crippen LogP contribution in [0.2, 0.25) is 0 Å². The molecule has 8 heteroatoms. The zero-order valence-electron chi connectivity index (χ0n) is 13.7. The minimum absolute atomic E-state index is 0.476. The van der Waals surface area contributed by atoms with Crippen molar-refractivity contribution in [3.8, 4) is 12.3 Å². The third kappa shape index (κ3) is 2.78. The SMILES string of the molecule is C#C[C@H]1O[C@@H](n2cnc3c(NCc4ccccc4)ncnc32)[C@H](O)[C@@H]1O. The van der Waals surface area contributed by atoms with E-state index >= 15 is 0 Å². The van der Waals surface area contributed by atoms with Gasteiger partial charge in [0.25, 0.3) is 0 Å². The van der Waals surface area contributed by atoms with E-state index in [0.29, 0.717) is 23.5 Å². The van der Waals surface area contributed by atoms with E-state index in [1.807, 2.05) is 30.3 Å². The van der Waals surface area contributed by atoms with Gasteiger partial charge in [0.05, 0.1) is 6.33 Å². The van der Waals surface area contributed by atoms with Gasteiger partial charge in [-0.1, -0.05) is 36.3 Å². The van der Waals surface area contributed by atoms with Gasteiger partial charge in [-0.3, -0.25) is 4.57 Å². The number of ether oxygens (including phenoxy) is 1. The first-order valence-electron chi connectivity index (χ1n) is 8.12. The second kappa shape index (κ2) is 6.72. The summed E-state index contributed by atoms with van der Waals surface area (Å²) in [5.41, 5.74) is 2.12. The maximum absolute atomic E-state index is 10.2. The van der Waals surface area contributed by atoms with Crippen LogP contribution in [0.25, 0.3) is 11.2 Å². The summed E-state index contributed by atoms with van der Waals surface area (Å²) >= 11 is 0. The van der Waals surface area contributed by atoms with Crippen LogP contribution < -0.4 is 5.32 Å². The molecule has 4 rings (SSSR count). The highest BCUT2D eigenvalue weighted by atomic mass is 16.6. The van der Waals surface area contributed by atoms with Crippen LogP contribution in [-0.4, -0.2) is 48.0 Å². The number of terminal acetylenes is 1. The fourth-order valence-corrected chi connectivity index (χ4v) is 2.98. The number of rotatable bonds is 4. The van der Waals surface area contributed by atoms with Gasteiger partial charge in [0, 0.05) is 6.54 Å². The summed E-state index contributed by atoms with van der Waals surface area (Å²) in [5.74, 6) is 2.89. The number of aliphatic hydroxyl groups is 2. The third-order valence-electron chi connectivity index (χ3n) is 4.34. The molecule has 3 aromatic rings. The Kier molecular flexibility index (Phi) is 4.26. The first-order chi connectivity index (χ1) is 12.7. The highest BCUT2D eigenvalue weighted by Crippen LogP contribution is 2.31. The molecule has 132 valence electrons. The maximum Gasteiger partial charge on any atom is 0.167 e. The number of nitrogens with one attached hydrogen (secondary N) is 1. The van der Waals surface area contributed by atoms with E-state index in [1.54, 1.807) is 4.57 Å². The van der Waals surface area contributed by atoms with Gasteiger partial charge in [-0.25, -0.2) is 15.0 Å². The second-order valence-corrected chi connectivity index (χ2v) is 5.98. The first kappa shape index (κ1) is 16.5. The Morgan fingerprint density at radius 1 is 1.15 bits per heavy atom. The van der Waals surface area contributed by atoms with Gasteiger partial charge in [-0.15, -0.1) is 6.42 Å². The van der Waals surface area contributed by atoms with Crippen molar-refractivity contribution < 1.29 is 14.9 Å². The average Bonchev–Trinajstić information content (AvgIpc) is 3.23. The van der Waals surface area contributed by atoms with Crippen LogP contribution in [0.5, 0.6) is 0 Å². The number of fused-ring (bicyclic) bond motifs is 1. The highest BCUT2D eigenvalue weighted by molar-refractivity contribution is 5.82. The van der Waals surface area contributed by atoms with E-state index in [0.717, 1.165) is 5.56 Å². The number of anilines is 1. The number of aliphatic hydroxyl groups excluding tert-OH is 2. The summed E-state index contributed by atoms with van der Waals surface area (Å²) in [7, 11) is 0. The molecule has 3 heterocycles. The molecule has 0 radical (unpaired) electrons. The number of benzene rings is 1. The van der Waals surface area contributed by atoms with Gasteiger partial charge in [0.1, 0.15) is 24.6 Å². The van der Waals surface area contributed by atoms with Gasteiger partial charge < -0.3 is 20.3 Å². The van der Waals surface area contributed by atoms with Crippen molar-refractivity contribution in [1.82, 2.24) is 19.5 Å². The lowest BCUT2D eigenvalue weighted by Crippen LogP contribution is -2.30. The highest BCUT2D eigenvalue weighted by Gasteiger charge is 2.43. The molecule has 1 aromatic carbocycles. The van der Waals surface area contributed by atoms with E-state index in [9.17, 15) is 10.2 Å². The molecule has 26 heavy (non-hydrogen) atoms. The third-order valence-corrected chi connectivity index (χ3v) is 4.34. The summed E-state index contributed by atoms with van der Waals surface area (Å²) in [6.07, 6.45) is 4.13. The molecule has 4 atom stereocenters. The normalized spacial score (nSPS) is 25.3. The standard InChI is InChI=1S/C18H17N5O3/c1-2-12-14(24)15(25)18(26-12)23-10-22-13-16(20-9-21-17(13)23)19-8-11-6-4-3-5-7-11/h1,3-7,9-10,12,14-15,18,24-25H,8H2,(H,19,20,21)/t12-,14-,15-,18-/m1/s1. The Morgan fingerprint density at radius 3 is 2.69 bits per heavy atom. The van der Waals surface area contributed by atoms with Crippen molar-refractivity contribution in [2.75, 3.05) is 5.32 Å². The lowest BCUT2D eigenvalue weighted by molar-refractivity contribution is -0.0230. The smallest absolute Gasteiger partial charge is 0.167 e. The summed E-state index contributed by atoms with van der Waals surface area (Å²) < 4.78 is 7.11. The lowest BCUT2D eigenvalue weighted by Gasteiger charge is -2.16. The number of nitrogens with zero attached hydrogens (tertiary/aromatic N) is 4. The molecule has 0 spiro atoms. The molecule has 3 N–H and O–H groups in total. The van der Waals surface area contributed by atoms with Crippen molar-refractivity contribution in [3.05, 3.63) is 48.5 Å². The van der Waals surface area contributed by atoms with E-state index in [1.165, 1.54) is 12.7 Å². The molecular formula is C18H17N5O3. The molecule has 1 saturated heterocycles. The van der Waals surface area contributed by atoms with E-state index in [-0.39, 0.29) is 0 Å². The largest absolute Gasteiger partial charge is 0.386 e. The molecule has 1 fully saturated rings. The summed E-state index contributed by atoms with van der Waals surface area (Å²) in [5, 5.41) is 23.4. The molecule has 1 aliphatic heterocycles. The lowest BCUT2D eigenvalue weighted by atomic mass is 10.1. The Morgan fingerprint density at radius 2 is 1.96 bits per heavy atom. The van der Waals surface area contributed by atoms with Gasteiger partial charge in [0.15, 0.2) is 23.2 Å². The molecule has 0 amide bonds. The predicted molar refractivity (Wildman–Crippen MR) is 93.8 cm³/mol. The monoisotopic (exact) mass is 351 g/mol. The zero-order chi connectivity index (χ0) is 18.1. The molecule has 0 aliphatic carbocycles. The van der Waals surface area contributed by atoms with Crippen molar-refractivity contribution in [2.24, 2.45) is 0 Å². The van der Waals surface area contributed by atoms with Crippen LogP contribution in [0.15, 0.2) is 43.0 Å². The van der Waals surface area contributed by atoms with E-state index in [4.69, 9.17) is 11.2 Å². The molecule has 0 unspecified atom stereocenters. The molecule has 2 aromatic heterocycles. The number of hydrogen-bond donors (Lipinski definition) is 3.